The first-order valence-corrected chi connectivity index (χ1v) is 6.04. The van der Waals surface area contributed by atoms with Crippen LogP contribution in [-0.4, -0.2) is 6.54 Å². The molecule has 0 bridgehead atoms. The number of rotatable bonds is 1. The first-order valence-electron chi connectivity index (χ1n) is 5.24. The van der Waals surface area contributed by atoms with Crippen LogP contribution in [0.1, 0.15) is 31.4 Å². The first kappa shape index (κ1) is 10.2. The van der Waals surface area contributed by atoms with Crippen molar-refractivity contribution in [1.29, 1.82) is 0 Å². The van der Waals surface area contributed by atoms with Crippen molar-refractivity contribution in [2.45, 2.75) is 25.8 Å². The summed E-state index contributed by atoms with van der Waals surface area (Å²) >= 11 is 3.46. The van der Waals surface area contributed by atoms with Gasteiger partial charge in [0.1, 0.15) is 0 Å². The van der Waals surface area contributed by atoms with Gasteiger partial charge < -0.3 is 5.32 Å². The molecule has 0 radical (unpaired) electrons. The Labute approximate surface area is 94.0 Å². The molecule has 76 valence electrons. The molecule has 1 fully saturated rings. The van der Waals surface area contributed by atoms with Gasteiger partial charge in [-0.3, -0.25) is 0 Å². The van der Waals surface area contributed by atoms with Gasteiger partial charge in [-0.05, 0) is 43.0 Å². The van der Waals surface area contributed by atoms with E-state index >= 15 is 0 Å². The minimum Gasteiger partial charge on any atom is -0.310 e. The Hall–Kier alpha value is -0.340. The summed E-state index contributed by atoms with van der Waals surface area (Å²) in [4.78, 5) is 0. The van der Waals surface area contributed by atoms with Gasteiger partial charge in [0, 0.05) is 10.5 Å². The Morgan fingerprint density at radius 2 is 1.93 bits per heavy atom. The van der Waals surface area contributed by atoms with Crippen LogP contribution in [0.15, 0.2) is 28.7 Å². The summed E-state index contributed by atoms with van der Waals surface area (Å²) in [7, 11) is 0. The van der Waals surface area contributed by atoms with E-state index in [-0.39, 0.29) is 0 Å². The van der Waals surface area contributed by atoms with E-state index in [0.717, 1.165) is 16.9 Å². The van der Waals surface area contributed by atoms with Crippen molar-refractivity contribution in [2.75, 3.05) is 6.54 Å². The standard InChI is InChI=1S/C12H16BrN/c1-9-2-7-12(14-8-9)10-3-5-11(13)6-4-10/h3-6,9,12,14H,2,7-8H2,1H3/t9?,12-/m0/s1. The van der Waals surface area contributed by atoms with Crippen LogP contribution in [0.4, 0.5) is 0 Å². The quantitative estimate of drug-likeness (QED) is 0.808. The summed E-state index contributed by atoms with van der Waals surface area (Å²) < 4.78 is 1.16. The molecule has 1 saturated heterocycles. The van der Waals surface area contributed by atoms with E-state index in [0.29, 0.717) is 6.04 Å². The maximum atomic E-state index is 3.59. The molecule has 1 aliphatic rings. The molecule has 1 nitrogen and oxygen atoms in total. The molecule has 0 aliphatic carbocycles. The summed E-state index contributed by atoms with van der Waals surface area (Å²) in [5.74, 6) is 0.835. The van der Waals surface area contributed by atoms with Crippen molar-refractivity contribution in [3.63, 3.8) is 0 Å². The number of hydrogen-bond donors (Lipinski definition) is 1. The second kappa shape index (κ2) is 4.45. The van der Waals surface area contributed by atoms with E-state index in [1.165, 1.54) is 18.4 Å². The average molecular weight is 254 g/mol. The van der Waals surface area contributed by atoms with Crippen molar-refractivity contribution < 1.29 is 0 Å². The lowest BCUT2D eigenvalue weighted by atomic mass is 9.92. The van der Waals surface area contributed by atoms with Crippen LogP contribution in [0.2, 0.25) is 0 Å². The van der Waals surface area contributed by atoms with Crippen molar-refractivity contribution in [3.8, 4) is 0 Å². The highest BCUT2D eigenvalue weighted by Gasteiger charge is 2.18. The van der Waals surface area contributed by atoms with Gasteiger partial charge in [0.25, 0.3) is 0 Å². The summed E-state index contributed by atoms with van der Waals surface area (Å²) in [6.07, 6.45) is 2.61. The molecule has 1 aromatic carbocycles. The molecule has 0 saturated carbocycles. The normalized spacial score (nSPS) is 27.6. The molecular weight excluding hydrogens is 238 g/mol. The summed E-state index contributed by atoms with van der Waals surface area (Å²) in [5.41, 5.74) is 1.42. The topological polar surface area (TPSA) is 12.0 Å². The highest BCUT2D eigenvalue weighted by Crippen LogP contribution is 2.26. The van der Waals surface area contributed by atoms with Crippen LogP contribution in [0, 0.1) is 5.92 Å². The predicted octanol–water partition coefficient (Wildman–Crippen LogP) is 3.51. The summed E-state index contributed by atoms with van der Waals surface area (Å²) in [6, 6.07) is 9.22. The van der Waals surface area contributed by atoms with E-state index in [1.54, 1.807) is 0 Å². The first-order chi connectivity index (χ1) is 6.75. The van der Waals surface area contributed by atoms with Crippen LogP contribution in [0.3, 0.4) is 0 Å². The van der Waals surface area contributed by atoms with Gasteiger partial charge in [-0.15, -0.1) is 0 Å². The zero-order valence-electron chi connectivity index (χ0n) is 8.46. The third-order valence-corrected chi connectivity index (χ3v) is 3.46. The monoisotopic (exact) mass is 253 g/mol. The number of piperidine rings is 1. The molecule has 0 amide bonds. The molecule has 2 heteroatoms. The lowest BCUT2D eigenvalue weighted by molar-refractivity contribution is 0.333. The fraction of sp³-hybridized carbons (Fsp3) is 0.500. The van der Waals surface area contributed by atoms with Gasteiger partial charge in [-0.1, -0.05) is 35.0 Å². The Bertz CT molecular complexity index is 286. The largest absolute Gasteiger partial charge is 0.310 e. The minimum absolute atomic E-state index is 0.569. The summed E-state index contributed by atoms with van der Waals surface area (Å²) in [6.45, 7) is 3.46. The highest BCUT2D eigenvalue weighted by atomic mass is 79.9. The maximum absolute atomic E-state index is 3.59. The minimum atomic E-state index is 0.569. The zero-order valence-corrected chi connectivity index (χ0v) is 10.0. The number of nitrogens with one attached hydrogen (secondary N) is 1. The van der Waals surface area contributed by atoms with Gasteiger partial charge >= 0.3 is 0 Å². The number of benzene rings is 1. The Morgan fingerprint density at radius 3 is 2.50 bits per heavy atom. The second-order valence-corrected chi connectivity index (χ2v) is 5.11. The molecule has 2 atom stereocenters. The SMILES string of the molecule is CC1CC[C@@H](c2ccc(Br)cc2)NC1. The Kier molecular flexibility index (Phi) is 3.24. The molecule has 1 aromatic rings. The van der Waals surface area contributed by atoms with Crippen LogP contribution >= 0.6 is 15.9 Å². The van der Waals surface area contributed by atoms with Gasteiger partial charge in [-0.25, -0.2) is 0 Å². The van der Waals surface area contributed by atoms with E-state index in [2.05, 4.69) is 52.4 Å². The Morgan fingerprint density at radius 1 is 1.21 bits per heavy atom. The van der Waals surface area contributed by atoms with Crippen LogP contribution in [-0.2, 0) is 0 Å². The van der Waals surface area contributed by atoms with Crippen molar-refractivity contribution in [1.82, 2.24) is 5.32 Å². The molecule has 2 rings (SSSR count). The molecular formula is C12H16BrN. The van der Waals surface area contributed by atoms with Crippen molar-refractivity contribution >= 4 is 15.9 Å². The molecule has 14 heavy (non-hydrogen) atoms. The molecule has 1 N–H and O–H groups in total. The third-order valence-electron chi connectivity index (χ3n) is 2.93. The van der Waals surface area contributed by atoms with Crippen LogP contribution in [0.5, 0.6) is 0 Å². The maximum Gasteiger partial charge on any atom is 0.0320 e. The Balaban J connectivity index is 2.05. The lowest BCUT2D eigenvalue weighted by Gasteiger charge is -2.28. The second-order valence-electron chi connectivity index (χ2n) is 4.19. The molecule has 1 heterocycles. The fourth-order valence-electron chi connectivity index (χ4n) is 1.98. The fourth-order valence-corrected chi connectivity index (χ4v) is 2.24. The van der Waals surface area contributed by atoms with Gasteiger partial charge in [0.05, 0.1) is 0 Å². The average Bonchev–Trinajstić information content (AvgIpc) is 2.21. The van der Waals surface area contributed by atoms with Crippen molar-refractivity contribution in [2.24, 2.45) is 5.92 Å². The van der Waals surface area contributed by atoms with Gasteiger partial charge in [0.2, 0.25) is 0 Å². The number of hydrogen-bond acceptors (Lipinski definition) is 1. The van der Waals surface area contributed by atoms with E-state index in [4.69, 9.17) is 0 Å². The predicted molar refractivity (Wildman–Crippen MR) is 63.3 cm³/mol. The number of halogens is 1. The van der Waals surface area contributed by atoms with Gasteiger partial charge in [0.15, 0.2) is 0 Å². The molecule has 0 spiro atoms. The molecule has 1 unspecified atom stereocenters. The smallest absolute Gasteiger partial charge is 0.0320 e. The molecule has 0 aromatic heterocycles. The zero-order chi connectivity index (χ0) is 9.97. The van der Waals surface area contributed by atoms with E-state index < -0.39 is 0 Å². The third kappa shape index (κ3) is 2.37. The summed E-state index contributed by atoms with van der Waals surface area (Å²) in [5, 5.41) is 3.59. The van der Waals surface area contributed by atoms with E-state index in [9.17, 15) is 0 Å². The van der Waals surface area contributed by atoms with E-state index in [1.807, 2.05) is 0 Å². The lowest BCUT2D eigenvalue weighted by Crippen LogP contribution is -2.31. The van der Waals surface area contributed by atoms with Crippen molar-refractivity contribution in [3.05, 3.63) is 34.3 Å². The molecule has 1 aliphatic heterocycles. The van der Waals surface area contributed by atoms with Crippen LogP contribution < -0.4 is 5.32 Å². The van der Waals surface area contributed by atoms with Gasteiger partial charge in [-0.2, -0.15) is 0 Å². The van der Waals surface area contributed by atoms with Crippen LogP contribution in [0.25, 0.3) is 0 Å². The highest BCUT2D eigenvalue weighted by molar-refractivity contribution is 9.10.